The van der Waals surface area contributed by atoms with Crippen LogP contribution in [0.3, 0.4) is 0 Å². The number of carbonyl (C=O) groups excluding carboxylic acids is 1. The van der Waals surface area contributed by atoms with Crippen LogP contribution in [0, 0.1) is 10.1 Å². The molecule has 0 aliphatic rings. The van der Waals surface area contributed by atoms with Gasteiger partial charge in [0.2, 0.25) is 5.75 Å². The third-order valence-electron chi connectivity index (χ3n) is 2.64. The number of carbonyl (C=O) groups is 1. The summed E-state index contributed by atoms with van der Waals surface area (Å²) < 4.78 is 5.42. The van der Waals surface area contributed by atoms with Gasteiger partial charge in [-0.25, -0.2) is 0 Å². The predicted octanol–water partition coefficient (Wildman–Crippen LogP) is 2.50. The van der Waals surface area contributed by atoms with Crippen molar-refractivity contribution in [2.45, 2.75) is 0 Å². The van der Waals surface area contributed by atoms with E-state index < -0.39 is 22.3 Å². The molecule has 0 fully saturated rings. The maximum absolute atomic E-state index is 11.5. The van der Waals surface area contributed by atoms with Crippen LogP contribution in [0.4, 0.5) is 5.69 Å². The number of hydrogen-bond acceptors (Lipinski definition) is 6. The number of phenolic OH excluding ortho intramolecular Hbond substituents is 1. The molecule has 9 heteroatoms. The van der Waals surface area contributed by atoms with E-state index in [4.69, 9.17) is 16.3 Å². The number of rotatable bonds is 4. The van der Waals surface area contributed by atoms with Crippen LogP contribution in [0.5, 0.6) is 17.2 Å². The SMILES string of the molecule is CNC(=O)c1cc(Oc2cc(Cl)c(O)c([N+](=O)[O-])c2)ccn1. The highest BCUT2D eigenvalue weighted by atomic mass is 35.5. The fraction of sp³-hybridized carbons (Fsp3) is 0.0769. The molecule has 22 heavy (non-hydrogen) atoms. The van der Waals surface area contributed by atoms with Gasteiger partial charge in [-0.05, 0) is 6.07 Å². The van der Waals surface area contributed by atoms with E-state index in [0.717, 1.165) is 6.07 Å². The first-order valence-electron chi connectivity index (χ1n) is 5.95. The second-order valence-corrected chi connectivity index (χ2v) is 4.50. The van der Waals surface area contributed by atoms with Crippen LogP contribution in [0.1, 0.15) is 10.5 Å². The van der Waals surface area contributed by atoms with Gasteiger partial charge < -0.3 is 15.2 Å². The lowest BCUT2D eigenvalue weighted by Crippen LogP contribution is -2.18. The summed E-state index contributed by atoms with van der Waals surface area (Å²) in [4.78, 5) is 25.4. The van der Waals surface area contributed by atoms with E-state index in [2.05, 4.69) is 10.3 Å². The molecule has 1 amide bonds. The van der Waals surface area contributed by atoms with Crippen LogP contribution < -0.4 is 10.1 Å². The molecule has 0 unspecified atom stereocenters. The molecule has 8 nitrogen and oxygen atoms in total. The zero-order chi connectivity index (χ0) is 16.3. The van der Waals surface area contributed by atoms with E-state index in [0.29, 0.717) is 0 Å². The Bertz CT molecular complexity index is 750. The normalized spacial score (nSPS) is 10.1. The number of phenols is 1. The Morgan fingerprint density at radius 2 is 2.14 bits per heavy atom. The monoisotopic (exact) mass is 323 g/mol. The molecule has 1 aromatic carbocycles. The molecule has 114 valence electrons. The van der Waals surface area contributed by atoms with Crippen molar-refractivity contribution < 1.29 is 19.6 Å². The predicted molar refractivity (Wildman–Crippen MR) is 77.5 cm³/mol. The zero-order valence-corrected chi connectivity index (χ0v) is 12.0. The first kappa shape index (κ1) is 15.5. The topological polar surface area (TPSA) is 115 Å². The second kappa shape index (κ2) is 6.27. The molecule has 0 atom stereocenters. The summed E-state index contributed by atoms with van der Waals surface area (Å²) in [7, 11) is 1.46. The van der Waals surface area contributed by atoms with Gasteiger partial charge in [0, 0.05) is 25.4 Å². The van der Waals surface area contributed by atoms with Crippen molar-refractivity contribution in [1.82, 2.24) is 10.3 Å². The van der Waals surface area contributed by atoms with Gasteiger partial charge in [-0.1, -0.05) is 11.6 Å². The molecule has 1 heterocycles. The largest absolute Gasteiger partial charge is 0.501 e. The number of hydrogen-bond donors (Lipinski definition) is 2. The Kier molecular flexibility index (Phi) is 4.42. The van der Waals surface area contributed by atoms with Gasteiger partial charge in [-0.15, -0.1) is 0 Å². The Labute approximate surface area is 129 Å². The van der Waals surface area contributed by atoms with Gasteiger partial charge in [0.1, 0.15) is 17.2 Å². The van der Waals surface area contributed by atoms with Crippen molar-refractivity contribution in [3.8, 4) is 17.2 Å². The molecular weight excluding hydrogens is 314 g/mol. The molecule has 0 radical (unpaired) electrons. The third kappa shape index (κ3) is 3.23. The average molecular weight is 324 g/mol. The summed E-state index contributed by atoms with van der Waals surface area (Å²) in [5.41, 5.74) is -0.456. The summed E-state index contributed by atoms with van der Waals surface area (Å²) >= 11 is 5.72. The van der Waals surface area contributed by atoms with Gasteiger partial charge in [0.15, 0.2) is 0 Å². The first-order chi connectivity index (χ1) is 10.4. The molecular formula is C13H10ClN3O5. The van der Waals surface area contributed by atoms with Crippen molar-refractivity contribution in [1.29, 1.82) is 0 Å². The smallest absolute Gasteiger partial charge is 0.316 e. The summed E-state index contributed by atoms with van der Waals surface area (Å²) in [6.45, 7) is 0. The highest BCUT2D eigenvalue weighted by Gasteiger charge is 2.19. The molecule has 0 saturated heterocycles. The number of pyridine rings is 1. The van der Waals surface area contributed by atoms with Gasteiger partial charge >= 0.3 is 5.69 Å². The second-order valence-electron chi connectivity index (χ2n) is 4.09. The van der Waals surface area contributed by atoms with E-state index in [1.165, 1.54) is 31.4 Å². The molecule has 2 N–H and O–H groups in total. The number of ether oxygens (including phenoxy) is 1. The van der Waals surface area contributed by atoms with Gasteiger partial charge in [0.25, 0.3) is 5.91 Å². The number of nitrogens with zero attached hydrogens (tertiary/aromatic N) is 2. The Balaban J connectivity index is 2.35. The first-order valence-corrected chi connectivity index (χ1v) is 6.33. The lowest BCUT2D eigenvalue weighted by atomic mass is 10.2. The number of benzene rings is 1. The molecule has 0 aliphatic carbocycles. The van der Waals surface area contributed by atoms with Gasteiger partial charge in [-0.3, -0.25) is 19.9 Å². The van der Waals surface area contributed by atoms with Gasteiger partial charge in [0.05, 0.1) is 16.0 Å². The fourth-order valence-electron chi connectivity index (χ4n) is 1.62. The minimum atomic E-state index is -0.781. The van der Waals surface area contributed by atoms with Crippen molar-refractivity contribution in [2.24, 2.45) is 0 Å². The van der Waals surface area contributed by atoms with Crippen LogP contribution in [0.2, 0.25) is 5.02 Å². The van der Waals surface area contributed by atoms with Crippen LogP contribution >= 0.6 is 11.6 Å². The Hall–Kier alpha value is -2.87. The molecule has 1 aromatic heterocycles. The number of nitro benzene ring substituents is 1. The van der Waals surface area contributed by atoms with Crippen LogP contribution in [-0.2, 0) is 0 Å². The fourth-order valence-corrected chi connectivity index (χ4v) is 1.83. The van der Waals surface area contributed by atoms with Crippen LogP contribution in [-0.4, -0.2) is 28.0 Å². The zero-order valence-electron chi connectivity index (χ0n) is 11.2. The highest BCUT2D eigenvalue weighted by molar-refractivity contribution is 6.32. The molecule has 2 rings (SSSR count). The maximum atomic E-state index is 11.5. The molecule has 0 aliphatic heterocycles. The van der Waals surface area contributed by atoms with Gasteiger partial charge in [-0.2, -0.15) is 0 Å². The number of aromatic hydroxyl groups is 1. The van der Waals surface area contributed by atoms with Crippen molar-refractivity contribution >= 4 is 23.2 Å². The maximum Gasteiger partial charge on any atom is 0.316 e. The molecule has 0 spiro atoms. The Morgan fingerprint density at radius 1 is 1.41 bits per heavy atom. The number of nitro groups is 1. The van der Waals surface area contributed by atoms with E-state index in [9.17, 15) is 20.0 Å². The summed E-state index contributed by atoms with van der Waals surface area (Å²) in [6, 6.07) is 5.09. The summed E-state index contributed by atoms with van der Waals surface area (Å²) in [5.74, 6) is -0.756. The van der Waals surface area contributed by atoms with Crippen molar-refractivity contribution in [3.05, 3.63) is 51.3 Å². The lowest BCUT2D eigenvalue weighted by Gasteiger charge is -2.08. The third-order valence-corrected chi connectivity index (χ3v) is 2.93. The van der Waals surface area contributed by atoms with Crippen molar-refractivity contribution in [3.63, 3.8) is 0 Å². The number of nitrogens with one attached hydrogen (secondary N) is 1. The number of halogens is 1. The van der Waals surface area contributed by atoms with E-state index in [1.54, 1.807) is 0 Å². The molecule has 0 bridgehead atoms. The average Bonchev–Trinajstić information content (AvgIpc) is 2.49. The van der Waals surface area contributed by atoms with Crippen LogP contribution in [0.15, 0.2) is 30.5 Å². The number of aromatic nitrogens is 1. The Morgan fingerprint density at radius 3 is 2.77 bits per heavy atom. The van der Waals surface area contributed by atoms with E-state index >= 15 is 0 Å². The highest BCUT2D eigenvalue weighted by Crippen LogP contribution is 2.38. The van der Waals surface area contributed by atoms with E-state index in [-0.39, 0.29) is 22.2 Å². The minimum Gasteiger partial charge on any atom is -0.501 e. The molecule has 0 saturated carbocycles. The van der Waals surface area contributed by atoms with E-state index in [1.807, 2.05) is 0 Å². The molecule has 2 aromatic rings. The summed E-state index contributed by atoms with van der Waals surface area (Å²) in [5, 5.41) is 22.5. The van der Waals surface area contributed by atoms with Crippen molar-refractivity contribution in [2.75, 3.05) is 7.05 Å². The standard InChI is InChI=1S/C13H10ClN3O5/c1-15-13(19)10-5-7(2-3-16-10)22-8-4-9(14)12(18)11(6-8)17(20)21/h2-6,18H,1H3,(H,15,19). The number of amides is 1. The lowest BCUT2D eigenvalue weighted by molar-refractivity contribution is -0.385. The van der Waals surface area contributed by atoms with Crippen LogP contribution in [0.25, 0.3) is 0 Å². The summed E-state index contributed by atoms with van der Waals surface area (Å²) in [6.07, 6.45) is 1.36. The minimum absolute atomic E-state index is 0.0450. The quantitative estimate of drug-likeness (QED) is 0.660.